The topological polar surface area (TPSA) is 115 Å². The predicted octanol–water partition coefficient (Wildman–Crippen LogP) is 1.43. The Morgan fingerprint density at radius 3 is 2.13 bits per heavy atom. The fraction of sp³-hybridized carbons (Fsp3) is 0.125. The summed E-state index contributed by atoms with van der Waals surface area (Å²) in [5.74, 6) is 0.848. The van der Waals surface area contributed by atoms with E-state index in [-0.39, 0.29) is 0 Å². The van der Waals surface area contributed by atoms with Gasteiger partial charge in [-0.05, 0) is 31.0 Å². The summed E-state index contributed by atoms with van der Waals surface area (Å²) in [6.45, 7) is 2.85. The van der Waals surface area contributed by atoms with Gasteiger partial charge in [-0.2, -0.15) is 14.0 Å². The quantitative estimate of drug-likeness (QED) is 0.516. The molecule has 0 aliphatic carbocycles. The molecule has 1 aromatic heterocycles. The van der Waals surface area contributed by atoms with Gasteiger partial charge in [-0.15, -0.1) is 0 Å². The second-order valence-corrected chi connectivity index (χ2v) is 7.67. The van der Waals surface area contributed by atoms with Gasteiger partial charge in [-0.3, -0.25) is 4.99 Å². The lowest BCUT2D eigenvalue weighted by molar-refractivity contribution is -1.92. The summed E-state index contributed by atoms with van der Waals surface area (Å²) >= 11 is 0. The molecule has 0 amide bonds. The van der Waals surface area contributed by atoms with Crippen molar-refractivity contribution in [2.75, 3.05) is 6.54 Å². The Morgan fingerprint density at radius 1 is 0.871 bits per heavy atom. The number of nitrogens with zero attached hydrogens (tertiary/aromatic N) is 1. The highest BCUT2D eigenvalue weighted by Gasteiger charge is 2.06. The molecule has 0 aliphatic heterocycles. The predicted molar refractivity (Wildman–Crippen MR) is 109 cm³/mol. The van der Waals surface area contributed by atoms with Crippen molar-refractivity contribution in [3.05, 3.63) is 101 Å². The molecule has 1 N–H and O–H groups in total. The first-order valence-corrected chi connectivity index (χ1v) is 10.8. The van der Waals surface area contributed by atoms with Crippen LogP contribution < -0.4 is 19.3 Å². The third-order valence-electron chi connectivity index (χ3n) is 4.48. The van der Waals surface area contributed by atoms with Gasteiger partial charge in [0.25, 0.3) is 0 Å². The molecule has 160 valence electrons. The Labute approximate surface area is 182 Å². The SMILES string of the molecule is Cc1ccc2oc(-c3ccccc3)cc(=NCCc3ccccc3)c2c1.[O-][Cl+3]([O-])([O-])O. The fourth-order valence-electron chi connectivity index (χ4n) is 3.11. The van der Waals surface area contributed by atoms with Crippen LogP contribution in [0.1, 0.15) is 11.1 Å². The van der Waals surface area contributed by atoms with Crippen LogP contribution in [0.3, 0.4) is 0 Å². The molecular formula is C24H22ClNO5. The molecule has 31 heavy (non-hydrogen) atoms. The minimum absolute atomic E-state index is 0.755. The minimum Gasteiger partial charge on any atom is -0.456 e. The zero-order valence-electron chi connectivity index (χ0n) is 16.9. The van der Waals surface area contributed by atoms with Gasteiger partial charge in [0.05, 0.1) is 20.3 Å². The Morgan fingerprint density at radius 2 is 1.48 bits per heavy atom. The summed E-state index contributed by atoms with van der Waals surface area (Å²) in [6, 6.07) is 29.0. The first-order valence-electron chi connectivity index (χ1n) is 9.57. The number of benzene rings is 3. The molecular weight excluding hydrogens is 418 g/mol. The van der Waals surface area contributed by atoms with Crippen LogP contribution in [0.4, 0.5) is 0 Å². The van der Waals surface area contributed by atoms with Gasteiger partial charge in [-0.25, -0.2) is 0 Å². The van der Waals surface area contributed by atoms with E-state index in [0.29, 0.717) is 0 Å². The van der Waals surface area contributed by atoms with Crippen molar-refractivity contribution in [2.45, 2.75) is 13.3 Å². The molecule has 0 saturated heterocycles. The second-order valence-electron chi connectivity index (χ2n) is 6.87. The van der Waals surface area contributed by atoms with Gasteiger partial charge >= 0.3 is 0 Å². The van der Waals surface area contributed by atoms with Crippen LogP contribution in [0, 0.1) is 17.2 Å². The van der Waals surface area contributed by atoms with E-state index in [1.807, 2.05) is 30.3 Å². The molecule has 0 unspecified atom stereocenters. The molecule has 0 aliphatic rings. The molecule has 1 heterocycles. The largest absolute Gasteiger partial charge is 0.456 e. The van der Waals surface area contributed by atoms with Crippen molar-refractivity contribution >= 4 is 11.0 Å². The highest BCUT2D eigenvalue weighted by atomic mass is 35.7. The molecule has 0 saturated carbocycles. The van der Waals surface area contributed by atoms with Crippen molar-refractivity contribution in [1.29, 1.82) is 0 Å². The summed E-state index contributed by atoms with van der Waals surface area (Å²) in [4.78, 5) is 4.90. The van der Waals surface area contributed by atoms with E-state index in [1.165, 1.54) is 11.1 Å². The van der Waals surface area contributed by atoms with Crippen molar-refractivity contribution in [2.24, 2.45) is 4.99 Å². The van der Waals surface area contributed by atoms with Gasteiger partial charge in [0.15, 0.2) is 0 Å². The standard InChI is InChI=1S/C24H21NO.ClHO4/c1-18-12-13-23-21(16-18)22(25-15-14-19-8-4-2-5-9-19)17-24(26-23)20-10-6-3-7-11-20;2-1(3,4)5/h2-13,16-17H,14-15H2,1H3;(H,2,3,4,5). The summed E-state index contributed by atoms with van der Waals surface area (Å²) in [7, 11) is -4.69. The average Bonchev–Trinajstić information content (AvgIpc) is 2.74. The monoisotopic (exact) mass is 439 g/mol. The van der Waals surface area contributed by atoms with E-state index < -0.39 is 10.2 Å². The first kappa shape index (κ1) is 22.7. The molecule has 0 atom stereocenters. The van der Waals surface area contributed by atoms with E-state index in [0.717, 1.165) is 40.6 Å². The normalized spacial score (nSPS) is 11.8. The van der Waals surface area contributed by atoms with Crippen molar-refractivity contribution in [3.63, 3.8) is 0 Å². The van der Waals surface area contributed by atoms with Crippen LogP contribution in [-0.2, 0) is 6.42 Å². The second kappa shape index (κ2) is 10.3. The van der Waals surface area contributed by atoms with Crippen molar-refractivity contribution in [1.82, 2.24) is 0 Å². The third kappa shape index (κ3) is 7.32. The first-order chi connectivity index (χ1) is 14.8. The maximum absolute atomic E-state index is 8.60. The molecule has 0 radical (unpaired) electrons. The molecule has 3 aromatic carbocycles. The molecule has 6 nitrogen and oxygen atoms in total. The summed E-state index contributed by atoms with van der Waals surface area (Å²) in [6.07, 6.45) is 0.931. The van der Waals surface area contributed by atoms with Crippen molar-refractivity contribution < 1.29 is 33.3 Å². The summed E-state index contributed by atoms with van der Waals surface area (Å²) in [5.41, 5.74) is 4.45. The smallest absolute Gasteiger partial charge is 0.136 e. The van der Waals surface area contributed by atoms with Crippen molar-refractivity contribution in [3.8, 4) is 11.3 Å². The highest BCUT2D eigenvalue weighted by molar-refractivity contribution is 5.79. The molecule has 7 heteroatoms. The maximum atomic E-state index is 8.60. The third-order valence-corrected chi connectivity index (χ3v) is 4.48. The minimum atomic E-state index is -4.69. The maximum Gasteiger partial charge on any atom is 0.136 e. The van der Waals surface area contributed by atoms with Gasteiger partial charge in [-0.1, -0.05) is 72.3 Å². The molecule has 0 bridgehead atoms. The van der Waals surface area contributed by atoms with Crippen LogP contribution in [-0.4, -0.2) is 11.2 Å². The highest BCUT2D eigenvalue weighted by Crippen LogP contribution is 2.22. The zero-order valence-corrected chi connectivity index (χ0v) is 17.7. The Balaban J connectivity index is 0.000000491. The van der Waals surface area contributed by atoms with Crippen LogP contribution in [0.25, 0.3) is 22.3 Å². The van der Waals surface area contributed by atoms with Gasteiger partial charge in [0.2, 0.25) is 0 Å². The molecule has 4 aromatic rings. The Kier molecular flexibility index (Phi) is 7.57. The van der Waals surface area contributed by atoms with Crippen LogP contribution >= 0.6 is 0 Å². The lowest BCUT2D eigenvalue weighted by Crippen LogP contribution is -2.58. The summed E-state index contributed by atoms with van der Waals surface area (Å²) < 4.78 is 38.9. The fourth-order valence-corrected chi connectivity index (χ4v) is 3.11. The summed E-state index contributed by atoms with van der Waals surface area (Å²) in [5, 5.41) is 2.06. The van der Waals surface area contributed by atoms with Crippen LogP contribution in [0.5, 0.6) is 0 Å². The number of hydrogen-bond donors (Lipinski definition) is 1. The number of rotatable bonds is 4. The van der Waals surface area contributed by atoms with Gasteiger partial charge in [0.1, 0.15) is 11.3 Å². The van der Waals surface area contributed by atoms with Crippen LogP contribution in [0.15, 0.2) is 94.3 Å². The lowest BCUT2D eigenvalue weighted by atomic mass is 10.1. The number of halogens is 1. The molecule has 0 fully saturated rings. The average molecular weight is 440 g/mol. The Hall–Kier alpha value is -3.00. The molecule has 0 spiro atoms. The van der Waals surface area contributed by atoms with E-state index in [9.17, 15) is 0 Å². The van der Waals surface area contributed by atoms with E-state index in [1.54, 1.807) is 0 Å². The van der Waals surface area contributed by atoms with E-state index >= 15 is 0 Å². The Bertz CT molecular complexity index is 1180. The molecule has 4 rings (SSSR count). The zero-order chi connectivity index (χ0) is 22.3. The number of hydrogen-bond acceptors (Lipinski definition) is 6. The van der Waals surface area contributed by atoms with Gasteiger partial charge < -0.3 is 4.42 Å². The van der Waals surface area contributed by atoms with Gasteiger partial charge in [0, 0.05) is 23.6 Å². The van der Waals surface area contributed by atoms with E-state index in [2.05, 4.69) is 61.5 Å². The number of aryl methyl sites for hydroxylation is 1. The van der Waals surface area contributed by atoms with Crippen LogP contribution in [0.2, 0.25) is 0 Å². The van der Waals surface area contributed by atoms with E-state index in [4.69, 9.17) is 28.0 Å². The lowest BCUT2D eigenvalue weighted by Gasteiger charge is -2.06. The number of fused-ring (bicyclic) bond motifs is 1.